The van der Waals surface area contributed by atoms with Crippen molar-refractivity contribution in [1.29, 1.82) is 0 Å². The molecule has 2 aromatic rings. The number of ether oxygens (including phenoxy) is 1. The van der Waals surface area contributed by atoms with Crippen molar-refractivity contribution < 1.29 is 17.9 Å². The predicted octanol–water partition coefficient (Wildman–Crippen LogP) is 3.86. The number of halogens is 3. The van der Waals surface area contributed by atoms with E-state index in [0.717, 1.165) is 28.0 Å². The molecule has 9 heteroatoms. The Bertz CT molecular complexity index is 746. The Kier molecular flexibility index (Phi) is 7.90. The summed E-state index contributed by atoms with van der Waals surface area (Å²) in [4.78, 5) is 8.13. The minimum absolute atomic E-state index is 0.394. The third kappa shape index (κ3) is 7.09. The maximum absolute atomic E-state index is 12.6. The predicted molar refractivity (Wildman–Crippen MR) is 101 cm³/mol. The van der Waals surface area contributed by atoms with E-state index in [2.05, 4.69) is 20.6 Å². The van der Waals surface area contributed by atoms with Crippen LogP contribution in [0.4, 0.5) is 13.2 Å². The van der Waals surface area contributed by atoms with Crippen LogP contribution in [0.2, 0.25) is 0 Å². The number of alkyl halides is 3. The Balaban J connectivity index is 1.90. The Morgan fingerprint density at radius 2 is 2.07 bits per heavy atom. The van der Waals surface area contributed by atoms with Gasteiger partial charge < -0.3 is 15.4 Å². The number of guanidine groups is 1. The summed E-state index contributed by atoms with van der Waals surface area (Å²) in [6.45, 7) is 6.06. The number of thiazole rings is 1. The molecule has 0 amide bonds. The molecule has 0 saturated carbocycles. The van der Waals surface area contributed by atoms with Gasteiger partial charge >= 0.3 is 6.18 Å². The molecule has 1 aromatic heterocycles. The van der Waals surface area contributed by atoms with Crippen LogP contribution in [0, 0.1) is 0 Å². The molecule has 1 heterocycles. The number of rotatable bonds is 8. The van der Waals surface area contributed by atoms with E-state index in [9.17, 15) is 13.2 Å². The molecule has 0 spiro atoms. The van der Waals surface area contributed by atoms with Crippen LogP contribution in [0.25, 0.3) is 0 Å². The fraction of sp³-hybridized carbons (Fsp3) is 0.444. The van der Waals surface area contributed by atoms with E-state index in [0.29, 0.717) is 43.6 Å². The number of nitrogens with one attached hydrogen (secondary N) is 2. The molecule has 0 aliphatic heterocycles. The van der Waals surface area contributed by atoms with Gasteiger partial charge in [-0.3, -0.25) is 0 Å². The zero-order chi connectivity index (χ0) is 19.7. The molecule has 5 nitrogen and oxygen atoms in total. The zero-order valence-corrected chi connectivity index (χ0v) is 16.1. The summed E-state index contributed by atoms with van der Waals surface area (Å²) in [5.41, 5.74) is 0.171. The summed E-state index contributed by atoms with van der Waals surface area (Å²) in [5.74, 6) is 1.40. The monoisotopic (exact) mass is 400 g/mol. The van der Waals surface area contributed by atoms with E-state index in [1.807, 2.05) is 38.1 Å². The highest BCUT2D eigenvalue weighted by molar-refractivity contribution is 7.09. The number of hydrogen-bond donors (Lipinski definition) is 2. The number of aromatic nitrogens is 1. The van der Waals surface area contributed by atoms with E-state index < -0.39 is 11.9 Å². The van der Waals surface area contributed by atoms with Gasteiger partial charge in [-0.05, 0) is 31.5 Å². The van der Waals surface area contributed by atoms with Crippen molar-refractivity contribution in [2.45, 2.75) is 33.0 Å². The van der Waals surface area contributed by atoms with Crippen LogP contribution in [0.5, 0.6) is 5.75 Å². The van der Waals surface area contributed by atoms with Crippen LogP contribution in [-0.2, 0) is 19.1 Å². The summed E-state index contributed by atoms with van der Waals surface area (Å²) in [5, 5.41) is 7.72. The van der Waals surface area contributed by atoms with Gasteiger partial charge in [0.2, 0.25) is 0 Å². The van der Waals surface area contributed by atoms with Crippen molar-refractivity contribution in [2.75, 3.05) is 19.7 Å². The zero-order valence-electron chi connectivity index (χ0n) is 15.3. The number of hydrogen-bond acceptors (Lipinski definition) is 4. The molecule has 0 atom stereocenters. The van der Waals surface area contributed by atoms with E-state index in [1.165, 1.54) is 0 Å². The fourth-order valence-corrected chi connectivity index (χ4v) is 3.06. The average molecular weight is 400 g/mol. The highest BCUT2D eigenvalue weighted by Gasteiger charge is 2.33. The Morgan fingerprint density at radius 3 is 2.74 bits per heavy atom. The molecule has 0 aliphatic carbocycles. The summed E-state index contributed by atoms with van der Waals surface area (Å²) in [6, 6.07) is 7.70. The second-order valence-electron chi connectivity index (χ2n) is 5.58. The van der Waals surface area contributed by atoms with E-state index >= 15 is 0 Å². The lowest BCUT2D eigenvalue weighted by molar-refractivity contribution is -0.140. The first-order valence-corrected chi connectivity index (χ1v) is 9.55. The Morgan fingerprint density at radius 1 is 1.26 bits per heavy atom. The summed E-state index contributed by atoms with van der Waals surface area (Å²) < 4.78 is 43.2. The summed E-state index contributed by atoms with van der Waals surface area (Å²) in [6.07, 6.45) is -4.00. The van der Waals surface area contributed by atoms with Gasteiger partial charge in [0.1, 0.15) is 5.75 Å². The first kappa shape index (κ1) is 21.0. The molecular formula is C18H23F3N4OS. The van der Waals surface area contributed by atoms with Crippen LogP contribution in [-0.4, -0.2) is 30.6 Å². The fourth-order valence-electron chi connectivity index (χ4n) is 2.26. The summed E-state index contributed by atoms with van der Waals surface area (Å²) in [7, 11) is 0. The molecule has 148 valence electrons. The molecule has 0 unspecified atom stereocenters. The van der Waals surface area contributed by atoms with E-state index in [-0.39, 0.29) is 0 Å². The van der Waals surface area contributed by atoms with Crippen molar-refractivity contribution >= 4 is 17.3 Å². The van der Waals surface area contributed by atoms with Crippen molar-refractivity contribution in [3.05, 3.63) is 45.9 Å². The quantitative estimate of drug-likeness (QED) is 0.522. The van der Waals surface area contributed by atoms with Crippen molar-refractivity contribution in [2.24, 2.45) is 4.99 Å². The molecule has 0 bridgehead atoms. The number of benzene rings is 1. The largest absolute Gasteiger partial charge is 0.494 e. The van der Waals surface area contributed by atoms with E-state index in [1.54, 1.807) is 0 Å². The van der Waals surface area contributed by atoms with Crippen LogP contribution in [0.1, 0.15) is 30.1 Å². The van der Waals surface area contributed by atoms with Crippen LogP contribution in [0.3, 0.4) is 0 Å². The Hall–Kier alpha value is -2.29. The lowest BCUT2D eigenvalue weighted by atomic mass is 10.2. The number of aliphatic imine (C=N–C) groups is 1. The lowest BCUT2D eigenvalue weighted by Gasteiger charge is -2.11. The van der Waals surface area contributed by atoms with Crippen LogP contribution in [0.15, 0.2) is 34.6 Å². The van der Waals surface area contributed by atoms with Gasteiger partial charge in [-0.1, -0.05) is 12.1 Å². The molecule has 0 radical (unpaired) electrons. The van der Waals surface area contributed by atoms with Crippen LogP contribution < -0.4 is 15.4 Å². The van der Waals surface area contributed by atoms with Gasteiger partial charge in [-0.25, -0.2) is 9.98 Å². The van der Waals surface area contributed by atoms with Crippen molar-refractivity contribution in [1.82, 2.24) is 15.6 Å². The molecule has 0 fully saturated rings. The van der Waals surface area contributed by atoms with Gasteiger partial charge in [-0.15, -0.1) is 11.3 Å². The molecule has 2 N–H and O–H groups in total. The maximum Gasteiger partial charge on any atom is 0.434 e. The highest BCUT2D eigenvalue weighted by Crippen LogP contribution is 2.30. The Labute approximate surface area is 160 Å². The average Bonchev–Trinajstić information content (AvgIpc) is 3.10. The van der Waals surface area contributed by atoms with Gasteiger partial charge in [0.05, 0.1) is 18.2 Å². The minimum atomic E-state index is -4.39. The normalized spacial score (nSPS) is 12.1. The van der Waals surface area contributed by atoms with E-state index in [4.69, 9.17) is 4.74 Å². The smallest absolute Gasteiger partial charge is 0.434 e. The standard InChI is InChI=1S/C18H23F3N4OS/c1-3-22-17(24-11-13-6-5-7-14(10-13)26-4-2)23-9-8-16-25-15(12-27-16)18(19,20)21/h5-7,10,12H,3-4,8-9,11H2,1-2H3,(H2,22,23,24). The molecular weight excluding hydrogens is 377 g/mol. The second-order valence-corrected chi connectivity index (χ2v) is 6.52. The first-order valence-electron chi connectivity index (χ1n) is 8.68. The van der Waals surface area contributed by atoms with Gasteiger partial charge in [-0.2, -0.15) is 13.2 Å². The number of nitrogens with zero attached hydrogens (tertiary/aromatic N) is 2. The highest BCUT2D eigenvalue weighted by atomic mass is 32.1. The van der Waals surface area contributed by atoms with Crippen molar-refractivity contribution in [3.8, 4) is 5.75 Å². The second kappa shape index (κ2) is 10.1. The SMILES string of the molecule is CCNC(=NCc1cccc(OCC)c1)NCCc1nc(C(F)(F)F)cs1. The molecule has 0 saturated heterocycles. The van der Waals surface area contributed by atoms with Crippen LogP contribution >= 0.6 is 11.3 Å². The third-order valence-corrected chi connectivity index (χ3v) is 4.36. The first-order chi connectivity index (χ1) is 12.9. The molecule has 0 aliphatic rings. The topological polar surface area (TPSA) is 58.5 Å². The van der Waals surface area contributed by atoms with Crippen molar-refractivity contribution in [3.63, 3.8) is 0 Å². The maximum atomic E-state index is 12.6. The molecule has 1 aromatic carbocycles. The molecule has 27 heavy (non-hydrogen) atoms. The third-order valence-electron chi connectivity index (χ3n) is 3.45. The van der Waals surface area contributed by atoms with Gasteiger partial charge in [0, 0.05) is 24.9 Å². The summed E-state index contributed by atoms with van der Waals surface area (Å²) >= 11 is 1.01. The van der Waals surface area contributed by atoms with Gasteiger partial charge in [0.25, 0.3) is 0 Å². The molecule has 2 rings (SSSR count). The lowest BCUT2D eigenvalue weighted by Crippen LogP contribution is -2.38. The van der Waals surface area contributed by atoms with Gasteiger partial charge in [0.15, 0.2) is 11.7 Å². The minimum Gasteiger partial charge on any atom is -0.494 e.